The lowest BCUT2D eigenvalue weighted by molar-refractivity contribution is -0.241. The largest absolute Gasteiger partial charge is 0.376 e. The zero-order valence-electron chi connectivity index (χ0n) is 15.3. The second kappa shape index (κ2) is 9.40. The maximum absolute atomic E-state index is 14.9. The average molecular weight is 376 g/mol. The number of hydrogen-bond donors (Lipinski definition) is 1. The molecule has 3 rings (SSSR count). The molecule has 2 aromatic rings. The fourth-order valence-electron chi connectivity index (χ4n) is 3.56. The predicted octanol–water partition coefficient (Wildman–Crippen LogP) is 4.79. The van der Waals surface area contributed by atoms with E-state index in [2.05, 4.69) is 0 Å². The third kappa shape index (κ3) is 5.34. The standard InChI is InChI=1S/C22H26F2O3/c23-22(24)19(16-26-14-17-8-3-1-4-9-17)12-7-13-20(22)21(25)27-15-18-10-5-2-6-11-18/h1-6,8-11,19-21,25H,7,12-16H2. The lowest BCUT2D eigenvalue weighted by atomic mass is 9.77. The first-order valence-corrected chi connectivity index (χ1v) is 9.40. The summed E-state index contributed by atoms with van der Waals surface area (Å²) >= 11 is 0. The van der Waals surface area contributed by atoms with Gasteiger partial charge in [0, 0.05) is 5.92 Å². The second-order valence-corrected chi connectivity index (χ2v) is 7.10. The molecule has 27 heavy (non-hydrogen) atoms. The van der Waals surface area contributed by atoms with E-state index in [9.17, 15) is 13.9 Å². The highest BCUT2D eigenvalue weighted by atomic mass is 19.3. The average Bonchev–Trinajstić information content (AvgIpc) is 2.69. The minimum atomic E-state index is -3.02. The van der Waals surface area contributed by atoms with Crippen LogP contribution in [0.15, 0.2) is 60.7 Å². The molecule has 2 aromatic carbocycles. The van der Waals surface area contributed by atoms with E-state index in [0.717, 1.165) is 11.1 Å². The summed E-state index contributed by atoms with van der Waals surface area (Å²) in [5.41, 5.74) is 1.80. The molecule has 1 saturated carbocycles. The van der Waals surface area contributed by atoms with Gasteiger partial charge < -0.3 is 14.6 Å². The van der Waals surface area contributed by atoms with Crippen molar-refractivity contribution in [2.45, 2.75) is 44.7 Å². The fourth-order valence-corrected chi connectivity index (χ4v) is 3.56. The first kappa shape index (κ1) is 19.9. The van der Waals surface area contributed by atoms with Gasteiger partial charge in [-0.05, 0) is 24.0 Å². The first-order chi connectivity index (χ1) is 13.1. The third-order valence-electron chi connectivity index (χ3n) is 5.14. The van der Waals surface area contributed by atoms with Gasteiger partial charge in [-0.3, -0.25) is 0 Å². The molecular formula is C22H26F2O3. The summed E-state index contributed by atoms with van der Waals surface area (Å²) < 4.78 is 40.7. The number of rotatable bonds is 8. The van der Waals surface area contributed by atoms with Crippen LogP contribution in [0.25, 0.3) is 0 Å². The van der Waals surface area contributed by atoms with Crippen LogP contribution in [0.1, 0.15) is 30.4 Å². The van der Waals surface area contributed by atoms with E-state index in [4.69, 9.17) is 9.47 Å². The smallest absolute Gasteiger partial charge is 0.260 e. The third-order valence-corrected chi connectivity index (χ3v) is 5.14. The SMILES string of the molecule is OC(OCc1ccccc1)C1CCCC(COCc2ccccc2)C1(F)F. The van der Waals surface area contributed by atoms with E-state index >= 15 is 0 Å². The zero-order valence-corrected chi connectivity index (χ0v) is 15.3. The Morgan fingerprint density at radius 2 is 1.52 bits per heavy atom. The van der Waals surface area contributed by atoms with E-state index < -0.39 is 24.0 Å². The molecule has 1 aliphatic rings. The molecule has 0 amide bonds. The normalized spacial score (nSPS) is 23.1. The molecule has 0 aromatic heterocycles. The number of alkyl halides is 2. The monoisotopic (exact) mass is 376 g/mol. The molecule has 0 heterocycles. The molecule has 0 saturated heterocycles. The van der Waals surface area contributed by atoms with Crippen LogP contribution in [0, 0.1) is 11.8 Å². The van der Waals surface area contributed by atoms with Crippen molar-refractivity contribution in [1.29, 1.82) is 0 Å². The van der Waals surface area contributed by atoms with Crippen LogP contribution in [0.4, 0.5) is 8.78 Å². The predicted molar refractivity (Wildman–Crippen MR) is 99.1 cm³/mol. The molecule has 0 bridgehead atoms. The number of aliphatic hydroxyl groups excluding tert-OH is 1. The maximum Gasteiger partial charge on any atom is 0.260 e. The van der Waals surface area contributed by atoms with E-state index in [0.29, 0.717) is 19.4 Å². The number of benzene rings is 2. The molecule has 5 heteroatoms. The summed E-state index contributed by atoms with van der Waals surface area (Å²) in [5, 5.41) is 10.2. The molecule has 0 radical (unpaired) electrons. The van der Waals surface area contributed by atoms with Crippen molar-refractivity contribution in [2.24, 2.45) is 11.8 Å². The Labute approximate surface area is 158 Å². The summed E-state index contributed by atoms with van der Waals surface area (Å²) in [5.74, 6) is -5.14. The Hall–Kier alpha value is -1.82. The Balaban J connectivity index is 1.53. The van der Waals surface area contributed by atoms with Crippen LogP contribution in [0.5, 0.6) is 0 Å². The van der Waals surface area contributed by atoms with Gasteiger partial charge in [-0.1, -0.05) is 67.1 Å². The number of ether oxygens (including phenoxy) is 2. The lowest BCUT2D eigenvalue weighted by Gasteiger charge is -2.39. The number of halogens is 2. The molecule has 1 fully saturated rings. The van der Waals surface area contributed by atoms with Crippen molar-refractivity contribution in [3.8, 4) is 0 Å². The van der Waals surface area contributed by atoms with Crippen molar-refractivity contribution >= 4 is 0 Å². The topological polar surface area (TPSA) is 38.7 Å². The van der Waals surface area contributed by atoms with E-state index in [1.807, 2.05) is 60.7 Å². The molecule has 0 spiro atoms. The van der Waals surface area contributed by atoms with Crippen LogP contribution in [0.2, 0.25) is 0 Å². The maximum atomic E-state index is 14.9. The van der Waals surface area contributed by atoms with Gasteiger partial charge in [0.05, 0.1) is 25.7 Å². The van der Waals surface area contributed by atoms with Crippen LogP contribution in [-0.4, -0.2) is 23.9 Å². The van der Waals surface area contributed by atoms with Gasteiger partial charge in [-0.25, -0.2) is 8.78 Å². The Morgan fingerprint density at radius 1 is 0.926 bits per heavy atom. The first-order valence-electron chi connectivity index (χ1n) is 9.40. The highest BCUT2D eigenvalue weighted by molar-refractivity contribution is 5.14. The van der Waals surface area contributed by atoms with Gasteiger partial charge in [-0.2, -0.15) is 0 Å². The second-order valence-electron chi connectivity index (χ2n) is 7.10. The summed E-state index contributed by atoms with van der Waals surface area (Å²) in [4.78, 5) is 0. The lowest BCUT2D eigenvalue weighted by Crippen LogP contribution is -2.48. The molecule has 146 valence electrons. The van der Waals surface area contributed by atoms with Crippen LogP contribution >= 0.6 is 0 Å². The van der Waals surface area contributed by atoms with Crippen LogP contribution in [0.3, 0.4) is 0 Å². The molecule has 0 aliphatic heterocycles. The summed E-state index contributed by atoms with van der Waals surface area (Å²) in [6.45, 7) is 0.401. The fraction of sp³-hybridized carbons (Fsp3) is 0.455. The number of hydrogen-bond acceptors (Lipinski definition) is 3. The summed E-state index contributed by atoms with van der Waals surface area (Å²) in [6.07, 6.45) is -0.218. The molecule has 1 N–H and O–H groups in total. The summed E-state index contributed by atoms with van der Waals surface area (Å²) in [7, 11) is 0. The van der Waals surface area contributed by atoms with Crippen molar-refractivity contribution in [1.82, 2.24) is 0 Å². The van der Waals surface area contributed by atoms with Crippen LogP contribution < -0.4 is 0 Å². The highest BCUT2D eigenvalue weighted by Crippen LogP contribution is 2.45. The van der Waals surface area contributed by atoms with Gasteiger partial charge in [0.15, 0.2) is 6.29 Å². The summed E-state index contributed by atoms with van der Waals surface area (Å²) in [6, 6.07) is 18.7. The Morgan fingerprint density at radius 3 is 2.15 bits per heavy atom. The highest BCUT2D eigenvalue weighted by Gasteiger charge is 2.52. The zero-order chi connectivity index (χ0) is 19.1. The Bertz CT molecular complexity index is 678. The molecule has 3 unspecified atom stereocenters. The van der Waals surface area contributed by atoms with Gasteiger partial charge in [0.2, 0.25) is 0 Å². The Kier molecular flexibility index (Phi) is 6.94. The minimum Gasteiger partial charge on any atom is -0.376 e. The van der Waals surface area contributed by atoms with E-state index in [-0.39, 0.29) is 19.6 Å². The quantitative estimate of drug-likeness (QED) is 0.673. The minimum absolute atomic E-state index is 0.0240. The van der Waals surface area contributed by atoms with Crippen molar-refractivity contribution in [3.05, 3.63) is 71.8 Å². The van der Waals surface area contributed by atoms with Crippen LogP contribution in [-0.2, 0) is 22.7 Å². The molecule has 1 aliphatic carbocycles. The van der Waals surface area contributed by atoms with Gasteiger partial charge in [0.1, 0.15) is 0 Å². The van der Waals surface area contributed by atoms with Gasteiger partial charge in [-0.15, -0.1) is 0 Å². The van der Waals surface area contributed by atoms with Crippen molar-refractivity contribution in [2.75, 3.05) is 6.61 Å². The van der Waals surface area contributed by atoms with Crippen molar-refractivity contribution < 1.29 is 23.4 Å². The molecule has 3 nitrogen and oxygen atoms in total. The molecular weight excluding hydrogens is 350 g/mol. The van der Waals surface area contributed by atoms with Crippen molar-refractivity contribution in [3.63, 3.8) is 0 Å². The van der Waals surface area contributed by atoms with Gasteiger partial charge >= 0.3 is 0 Å². The van der Waals surface area contributed by atoms with E-state index in [1.54, 1.807) is 0 Å². The molecule has 3 atom stereocenters. The van der Waals surface area contributed by atoms with Gasteiger partial charge in [0.25, 0.3) is 5.92 Å². The number of aliphatic hydroxyl groups is 1. The van der Waals surface area contributed by atoms with E-state index in [1.165, 1.54) is 0 Å².